The van der Waals surface area contributed by atoms with Crippen LogP contribution in [0.15, 0.2) is 40.0 Å². The van der Waals surface area contributed by atoms with Gasteiger partial charge in [0.05, 0.1) is 17.1 Å². The summed E-state index contributed by atoms with van der Waals surface area (Å²) in [6.07, 6.45) is -6.20. The van der Waals surface area contributed by atoms with Gasteiger partial charge in [-0.05, 0) is 62.4 Å². The van der Waals surface area contributed by atoms with Gasteiger partial charge in [0.15, 0.2) is 15.7 Å². The van der Waals surface area contributed by atoms with Crippen molar-refractivity contribution in [3.8, 4) is 17.1 Å². The fourth-order valence-electron chi connectivity index (χ4n) is 4.58. The average Bonchev–Trinajstić information content (AvgIpc) is 3.42. The Morgan fingerprint density at radius 2 is 1.68 bits per heavy atom. The maximum Gasteiger partial charge on any atom is 0.432 e. The molecular formula is C23H25F6N5O3S. The zero-order valence-electron chi connectivity index (χ0n) is 20.2. The lowest BCUT2D eigenvalue weighted by atomic mass is 9.90. The van der Waals surface area contributed by atoms with Crippen molar-refractivity contribution in [3.63, 3.8) is 0 Å². The maximum atomic E-state index is 13.3. The first-order chi connectivity index (χ1) is 17.6. The Morgan fingerprint density at radius 3 is 2.21 bits per heavy atom. The van der Waals surface area contributed by atoms with E-state index in [1.165, 1.54) is 29.2 Å². The Kier molecular flexibility index (Phi) is 7.54. The lowest BCUT2D eigenvalue weighted by molar-refractivity contribution is -0.148. The topological polar surface area (TPSA) is 104 Å². The van der Waals surface area contributed by atoms with E-state index >= 15 is 0 Å². The molecule has 0 amide bonds. The van der Waals surface area contributed by atoms with Crippen LogP contribution < -0.4 is 5.56 Å². The third-order valence-corrected chi connectivity index (χ3v) is 7.70. The second-order valence-electron chi connectivity index (χ2n) is 9.41. The number of nitrogens with one attached hydrogen (secondary N) is 2. The van der Waals surface area contributed by atoms with Crippen LogP contribution in [0.2, 0.25) is 0 Å². The smallest absolute Gasteiger partial charge is 0.295 e. The molecule has 0 atom stereocenters. The number of hydrogen-bond acceptors (Lipinski definition) is 5. The molecule has 3 aromatic rings. The van der Waals surface area contributed by atoms with Gasteiger partial charge in [0.2, 0.25) is 0 Å². The Bertz CT molecular complexity index is 1430. The highest BCUT2D eigenvalue weighted by molar-refractivity contribution is 7.90. The number of sulfone groups is 1. The zero-order chi connectivity index (χ0) is 27.9. The number of alkyl halides is 6. The molecule has 0 spiro atoms. The molecule has 0 bridgehead atoms. The molecule has 2 N–H and O–H groups in total. The zero-order valence-corrected chi connectivity index (χ0v) is 21.0. The first kappa shape index (κ1) is 28.0. The van der Waals surface area contributed by atoms with Crippen LogP contribution in [-0.4, -0.2) is 65.4 Å². The van der Waals surface area contributed by atoms with Crippen molar-refractivity contribution < 1.29 is 34.8 Å². The molecule has 4 rings (SSSR count). The van der Waals surface area contributed by atoms with Crippen molar-refractivity contribution in [2.75, 3.05) is 25.9 Å². The molecule has 2 aromatic heterocycles. The van der Waals surface area contributed by atoms with Gasteiger partial charge in [-0.15, -0.1) is 0 Å². The number of halogens is 6. The van der Waals surface area contributed by atoms with E-state index in [1.807, 2.05) is 5.10 Å². The summed E-state index contributed by atoms with van der Waals surface area (Å²) in [6, 6.07) is 6.37. The van der Waals surface area contributed by atoms with Crippen LogP contribution in [0.3, 0.4) is 0 Å². The van der Waals surface area contributed by atoms with E-state index in [0.29, 0.717) is 36.6 Å². The van der Waals surface area contributed by atoms with E-state index in [-0.39, 0.29) is 41.7 Å². The Morgan fingerprint density at radius 1 is 1.05 bits per heavy atom. The minimum Gasteiger partial charge on any atom is -0.295 e. The maximum absolute atomic E-state index is 13.3. The van der Waals surface area contributed by atoms with Crippen LogP contribution in [0.1, 0.15) is 30.5 Å². The van der Waals surface area contributed by atoms with E-state index in [0.717, 1.165) is 10.9 Å². The summed E-state index contributed by atoms with van der Waals surface area (Å²) in [5.41, 5.74) is -0.774. The number of piperidine rings is 1. The normalized spacial score (nSPS) is 16.3. The SMILES string of the molecule is CS(=O)(=O)c1ccc(-c2[nH]n(-c3cc(C(F)(F)F)[nH]n3)c(=O)c2CCC2CCN(CC(F)(F)F)CC2)cc1. The summed E-state index contributed by atoms with van der Waals surface area (Å²) in [4.78, 5) is 14.7. The van der Waals surface area contributed by atoms with Crippen LogP contribution in [0.25, 0.3) is 17.1 Å². The number of H-pyrrole nitrogens is 2. The fourth-order valence-corrected chi connectivity index (χ4v) is 5.21. The molecule has 1 saturated heterocycles. The third-order valence-electron chi connectivity index (χ3n) is 6.57. The number of hydrogen-bond donors (Lipinski definition) is 2. The molecule has 1 aromatic carbocycles. The second kappa shape index (κ2) is 10.2. The molecule has 0 saturated carbocycles. The summed E-state index contributed by atoms with van der Waals surface area (Å²) in [6.45, 7) is -0.427. The summed E-state index contributed by atoms with van der Waals surface area (Å²) in [5, 5.41) is 8.27. The van der Waals surface area contributed by atoms with Gasteiger partial charge in [0.1, 0.15) is 5.69 Å². The van der Waals surface area contributed by atoms with Crippen LogP contribution in [-0.2, 0) is 22.4 Å². The van der Waals surface area contributed by atoms with E-state index < -0.39 is 40.0 Å². The van der Waals surface area contributed by atoms with Crippen LogP contribution in [0, 0.1) is 5.92 Å². The van der Waals surface area contributed by atoms with Crippen molar-refractivity contribution in [3.05, 3.63) is 51.9 Å². The molecule has 0 aliphatic carbocycles. The van der Waals surface area contributed by atoms with Crippen LogP contribution in [0.4, 0.5) is 26.3 Å². The molecule has 8 nitrogen and oxygen atoms in total. The van der Waals surface area contributed by atoms with Crippen molar-refractivity contribution in [1.29, 1.82) is 0 Å². The van der Waals surface area contributed by atoms with Crippen molar-refractivity contribution >= 4 is 9.84 Å². The minimum absolute atomic E-state index is 0.0531. The standard InChI is InChI=1S/C23H25F6N5O3S/c1-38(36,37)16-5-3-15(4-6-16)20-17(7-2-14-8-10-33(11-9-14)13-22(24,25)26)21(35)34(32-20)19-12-18(30-31-19)23(27,28)29/h3-6,12,14,32H,2,7-11,13H2,1H3,(H,30,31). The highest BCUT2D eigenvalue weighted by atomic mass is 32.2. The van der Waals surface area contributed by atoms with E-state index in [2.05, 4.69) is 10.2 Å². The summed E-state index contributed by atoms with van der Waals surface area (Å²) >= 11 is 0. The molecule has 1 fully saturated rings. The summed E-state index contributed by atoms with van der Waals surface area (Å²) in [7, 11) is -3.48. The third kappa shape index (κ3) is 6.49. The van der Waals surface area contributed by atoms with Gasteiger partial charge in [-0.3, -0.25) is 19.9 Å². The van der Waals surface area contributed by atoms with Gasteiger partial charge in [0.25, 0.3) is 5.56 Å². The number of aromatic nitrogens is 4. The van der Waals surface area contributed by atoms with Gasteiger partial charge < -0.3 is 0 Å². The number of nitrogens with zero attached hydrogens (tertiary/aromatic N) is 3. The molecule has 0 unspecified atom stereocenters. The van der Waals surface area contributed by atoms with Gasteiger partial charge >= 0.3 is 12.4 Å². The Hall–Kier alpha value is -3.07. The van der Waals surface area contributed by atoms with Gasteiger partial charge in [0, 0.05) is 17.9 Å². The number of aromatic amines is 2. The van der Waals surface area contributed by atoms with Crippen LogP contribution >= 0.6 is 0 Å². The van der Waals surface area contributed by atoms with Gasteiger partial charge in [-0.1, -0.05) is 12.1 Å². The number of benzene rings is 1. The minimum atomic E-state index is -4.70. The largest absolute Gasteiger partial charge is 0.432 e. The van der Waals surface area contributed by atoms with Gasteiger partial charge in [-0.2, -0.15) is 36.1 Å². The molecule has 3 heterocycles. The average molecular weight is 566 g/mol. The lowest BCUT2D eigenvalue weighted by Gasteiger charge is -2.32. The Balaban J connectivity index is 1.61. The monoisotopic (exact) mass is 565 g/mol. The number of likely N-dealkylation sites (tertiary alicyclic amines) is 1. The molecule has 208 valence electrons. The summed E-state index contributed by atoms with van der Waals surface area (Å²) < 4.78 is 102. The summed E-state index contributed by atoms with van der Waals surface area (Å²) in [5.74, 6) is -0.243. The van der Waals surface area contributed by atoms with Crippen molar-refractivity contribution in [2.45, 2.75) is 42.9 Å². The predicted molar refractivity (Wildman–Crippen MR) is 126 cm³/mol. The van der Waals surface area contributed by atoms with E-state index in [4.69, 9.17) is 0 Å². The molecule has 1 aliphatic heterocycles. The van der Waals surface area contributed by atoms with Crippen molar-refractivity contribution in [2.24, 2.45) is 5.92 Å². The quantitative estimate of drug-likeness (QED) is 0.419. The van der Waals surface area contributed by atoms with Gasteiger partial charge in [-0.25, -0.2) is 8.42 Å². The second-order valence-corrected chi connectivity index (χ2v) is 11.4. The van der Waals surface area contributed by atoms with E-state index in [1.54, 1.807) is 0 Å². The number of rotatable bonds is 7. The van der Waals surface area contributed by atoms with Crippen LogP contribution in [0.5, 0.6) is 0 Å². The first-order valence-electron chi connectivity index (χ1n) is 11.7. The van der Waals surface area contributed by atoms with E-state index in [9.17, 15) is 39.6 Å². The Labute approximate surface area is 213 Å². The molecule has 38 heavy (non-hydrogen) atoms. The predicted octanol–water partition coefficient (Wildman–Crippen LogP) is 4.18. The fraction of sp³-hybridized carbons (Fsp3) is 0.478. The lowest BCUT2D eigenvalue weighted by Crippen LogP contribution is -2.40. The highest BCUT2D eigenvalue weighted by Gasteiger charge is 2.34. The first-order valence-corrected chi connectivity index (χ1v) is 13.6. The molecule has 15 heteroatoms. The molecule has 0 radical (unpaired) electrons. The molecular weight excluding hydrogens is 540 g/mol. The highest BCUT2D eigenvalue weighted by Crippen LogP contribution is 2.30. The molecule has 1 aliphatic rings. The van der Waals surface area contributed by atoms with Crippen molar-refractivity contribution in [1.82, 2.24) is 24.9 Å².